The molecule has 3 atom stereocenters. The minimum Gasteiger partial charge on any atom is -0.465 e. The molecule has 0 spiro atoms. The van der Waals surface area contributed by atoms with Gasteiger partial charge in [-0.05, 0) is 31.4 Å². The topological polar surface area (TPSA) is 142 Å². The third-order valence-corrected chi connectivity index (χ3v) is 6.51. The highest BCUT2D eigenvalue weighted by Crippen LogP contribution is 2.26. The number of hydrogen-bond acceptors (Lipinski definition) is 9. The minimum absolute atomic E-state index is 0.0606. The normalized spacial score (nSPS) is 13.2. The fourth-order valence-electron chi connectivity index (χ4n) is 3.54. The lowest BCUT2D eigenvalue weighted by molar-refractivity contribution is -0.162. The van der Waals surface area contributed by atoms with Crippen molar-refractivity contribution >= 4 is 35.5 Å². The molecule has 0 bridgehead atoms. The number of amides is 2. The molecule has 37 heavy (non-hydrogen) atoms. The first-order valence-corrected chi connectivity index (χ1v) is 13.3. The van der Waals surface area contributed by atoms with Gasteiger partial charge in [-0.1, -0.05) is 60.7 Å². The Morgan fingerprint density at radius 1 is 0.838 bits per heavy atom. The van der Waals surface area contributed by atoms with Crippen molar-refractivity contribution < 1.29 is 28.7 Å². The van der Waals surface area contributed by atoms with Crippen LogP contribution in [-0.4, -0.2) is 59.7 Å². The molecule has 0 aliphatic heterocycles. The van der Waals surface area contributed by atoms with Gasteiger partial charge in [0.2, 0.25) is 11.8 Å². The molecule has 0 aromatic heterocycles. The zero-order valence-corrected chi connectivity index (χ0v) is 22.0. The van der Waals surface area contributed by atoms with Crippen LogP contribution >= 0.6 is 11.8 Å². The SMILES string of the molecule is CCOC(=O)[C@@H](N)CCC(=O)N(C(=O)[C@@H](N)CSCc1ccccc1)[C@@H](C(=O)OCC)c1ccccc1. The quantitative estimate of drug-likeness (QED) is 0.353. The van der Waals surface area contributed by atoms with Crippen LogP contribution in [0, 0.1) is 0 Å². The first-order chi connectivity index (χ1) is 17.8. The van der Waals surface area contributed by atoms with Gasteiger partial charge in [0.25, 0.3) is 0 Å². The van der Waals surface area contributed by atoms with E-state index in [0.717, 1.165) is 10.5 Å². The molecule has 9 nitrogen and oxygen atoms in total. The average molecular weight is 530 g/mol. The van der Waals surface area contributed by atoms with Crippen molar-refractivity contribution in [1.29, 1.82) is 0 Å². The number of hydrogen-bond donors (Lipinski definition) is 2. The molecule has 0 aliphatic rings. The van der Waals surface area contributed by atoms with Crippen LogP contribution in [0.2, 0.25) is 0 Å². The molecule has 2 rings (SSSR count). The van der Waals surface area contributed by atoms with Crippen LogP contribution in [0.4, 0.5) is 0 Å². The van der Waals surface area contributed by atoms with Gasteiger partial charge < -0.3 is 20.9 Å². The summed E-state index contributed by atoms with van der Waals surface area (Å²) >= 11 is 1.44. The smallest absolute Gasteiger partial charge is 0.334 e. The zero-order valence-electron chi connectivity index (χ0n) is 21.2. The molecule has 0 radical (unpaired) electrons. The van der Waals surface area contributed by atoms with Gasteiger partial charge in [-0.2, -0.15) is 11.8 Å². The average Bonchev–Trinajstić information content (AvgIpc) is 2.91. The molecule has 2 aromatic rings. The molecule has 0 heterocycles. The molecule has 10 heteroatoms. The van der Waals surface area contributed by atoms with Crippen LogP contribution in [0.25, 0.3) is 0 Å². The Bertz CT molecular complexity index is 1020. The predicted molar refractivity (Wildman–Crippen MR) is 142 cm³/mol. The molecule has 0 saturated carbocycles. The molecule has 200 valence electrons. The number of benzene rings is 2. The molecule has 0 fully saturated rings. The Morgan fingerprint density at radius 3 is 2.00 bits per heavy atom. The van der Waals surface area contributed by atoms with E-state index >= 15 is 0 Å². The Kier molecular flexibility index (Phi) is 12.8. The van der Waals surface area contributed by atoms with Crippen molar-refractivity contribution in [3.05, 3.63) is 71.8 Å². The van der Waals surface area contributed by atoms with Crippen LogP contribution in [0.3, 0.4) is 0 Å². The van der Waals surface area contributed by atoms with Gasteiger partial charge in [0.15, 0.2) is 6.04 Å². The second kappa shape index (κ2) is 15.8. The number of thioether (sulfide) groups is 1. The summed E-state index contributed by atoms with van der Waals surface area (Å²) in [4.78, 5) is 52.8. The highest BCUT2D eigenvalue weighted by Gasteiger charge is 2.39. The molecule has 2 aromatic carbocycles. The summed E-state index contributed by atoms with van der Waals surface area (Å²) in [6.07, 6.45) is -0.331. The van der Waals surface area contributed by atoms with E-state index < -0.39 is 41.9 Å². The highest BCUT2D eigenvalue weighted by molar-refractivity contribution is 7.98. The molecular formula is C27H35N3O6S. The third kappa shape index (κ3) is 9.31. The van der Waals surface area contributed by atoms with Crippen LogP contribution < -0.4 is 11.5 Å². The van der Waals surface area contributed by atoms with Crippen molar-refractivity contribution in [2.45, 2.75) is 50.6 Å². The predicted octanol–water partition coefficient (Wildman–Crippen LogP) is 2.58. The van der Waals surface area contributed by atoms with Gasteiger partial charge in [-0.3, -0.25) is 19.3 Å². The summed E-state index contributed by atoms with van der Waals surface area (Å²) < 4.78 is 10.1. The minimum atomic E-state index is -1.33. The Morgan fingerprint density at radius 2 is 1.41 bits per heavy atom. The number of nitrogens with two attached hydrogens (primary N) is 2. The van der Waals surface area contributed by atoms with Gasteiger partial charge in [0.1, 0.15) is 6.04 Å². The maximum absolute atomic E-state index is 13.6. The van der Waals surface area contributed by atoms with Gasteiger partial charge >= 0.3 is 11.9 Å². The van der Waals surface area contributed by atoms with E-state index in [-0.39, 0.29) is 31.8 Å². The number of imide groups is 1. The second-order valence-electron chi connectivity index (χ2n) is 8.17. The number of esters is 2. The number of carbonyl (C=O) groups excluding carboxylic acids is 4. The monoisotopic (exact) mass is 529 g/mol. The van der Waals surface area contributed by atoms with E-state index in [9.17, 15) is 19.2 Å². The standard InChI is InChI=1S/C27H35N3O6S/c1-3-35-26(33)21(28)15-16-23(31)30(24(27(34)36-4-2)20-13-9-6-10-14-20)25(32)22(29)18-37-17-19-11-7-5-8-12-19/h5-14,21-22,24H,3-4,15-18,28-29H2,1-2H3/t21-,22-,24+/m0/s1. The summed E-state index contributed by atoms with van der Waals surface area (Å²) in [6.45, 7) is 3.50. The summed E-state index contributed by atoms with van der Waals surface area (Å²) in [6, 6.07) is 14.7. The number of rotatable bonds is 14. The maximum atomic E-state index is 13.6. The zero-order chi connectivity index (χ0) is 27.2. The van der Waals surface area contributed by atoms with Crippen LogP contribution in [0.15, 0.2) is 60.7 Å². The summed E-state index contributed by atoms with van der Waals surface area (Å²) in [7, 11) is 0. The van der Waals surface area contributed by atoms with E-state index in [2.05, 4.69) is 0 Å². The second-order valence-corrected chi connectivity index (χ2v) is 9.20. The summed E-state index contributed by atoms with van der Waals surface area (Å²) in [5, 5.41) is 0. The lowest BCUT2D eigenvalue weighted by atomic mass is 10.0. The number of carbonyl (C=O) groups is 4. The first-order valence-electron chi connectivity index (χ1n) is 12.2. The van der Waals surface area contributed by atoms with Crippen molar-refractivity contribution in [1.82, 2.24) is 4.90 Å². The number of nitrogens with zero attached hydrogens (tertiary/aromatic N) is 1. The van der Waals surface area contributed by atoms with Gasteiger partial charge in [-0.15, -0.1) is 0 Å². The molecular weight excluding hydrogens is 494 g/mol. The van der Waals surface area contributed by atoms with Crippen LogP contribution in [0.5, 0.6) is 0 Å². The third-order valence-electron chi connectivity index (χ3n) is 5.37. The molecule has 2 amide bonds. The van der Waals surface area contributed by atoms with Gasteiger partial charge in [0.05, 0.1) is 19.3 Å². The fraction of sp³-hybridized carbons (Fsp3) is 0.407. The first kappa shape index (κ1) is 30.0. The lowest BCUT2D eigenvalue weighted by Crippen LogP contribution is -2.51. The van der Waals surface area contributed by atoms with E-state index in [1.54, 1.807) is 44.2 Å². The van der Waals surface area contributed by atoms with E-state index in [0.29, 0.717) is 11.3 Å². The summed E-state index contributed by atoms with van der Waals surface area (Å²) in [5.74, 6) is -1.94. The van der Waals surface area contributed by atoms with E-state index in [1.807, 2.05) is 30.3 Å². The molecule has 0 saturated heterocycles. The van der Waals surface area contributed by atoms with E-state index in [4.69, 9.17) is 20.9 Å². The molecule has 0 unspecified atom stereocenters. The molecule has 0 aliphatic carbocycles. The molecule has 4 N–H and O–H groups in total. The number of ether oxygens (including phenoxy) is 2. The Labute approximate surface area is 221 Å². The van der Waals surface area contributed by atoms with Gasteiger partial charge in [0, 0.05) is 17.9 Å². The van der Waals surface area contributed by atoms with Gasteiger partial charge in [-0.25, -0.2) is 4.79 Å². The van der Waals surface area contributed by atoms with Crippen molar-refractivity contribution in [2.75, 3.05) is 19.0 Å². The van der Waals surface area contributed by atoms with E-state index in [1.165, 1.54) is 11.8 Å². The lowest BCUT2D eigenvalue weighted by Gasteiger charge is -2.31. The largest absolute Gasteiger partial charge is 0.465 e. The van der Waals surface area contributed by atoms with Crippen molar-refractivity contribution in [3.8, 4) is 0 Å². The van der Waals surface area contributed by atoms with Crippen LogP contribution in [0.1, 0.15) is 43.9 Å². The fourth-order valence-corrected chi connectivity index (χ4v) is 4.48. The van der Waals surface area contributed by atoms with Crippen molar-refractivity contribution in [3.63, 3.8) is 0 Å². The highest BCUT2D eigenvalue weighted by atomic mass is 32.2. The Hall–Kier alpha value is -3.21. The maximum Gasteiger partial charge on any atom is 0.334 e. The summed E-state index contributed by atoms with van der Waals surface area (Å²) in [5.41, 5.74) is 13.6. The van der Waals surface area contributed by atoms with Crippen molar-refractivity contribution in [2.24, 2.45) is 11.5 Å². The Balaban J connectivity index is 2.28. The van der Waals surface area contributed by atoms with Crippen LogP contribution in [-0.2, 0) is 34.4 Å².